The van der Waals surface area contributed by atoms with E-state index in [1.54, 1.807) is 48.5 Å². The number of hydrogen-bond donors (Lipinski definition) is 3. The van der Waals surface area contributed by atoms with Gasteiger partial charge in [0.05, 0.1) is 23.3 Å². The van der Waals surface area contributed by atoms with Crippen LogP contribution in [0.5, 0.6) is 23.0 Å². The van der Waals surface area contributed by atoms with E-state index in [0.717, 1.165) is 12.8 Å². The summed E-state index contributed by atoms with van der Waals surface area (Å²) >= 11 is 0. The lowest BCUT2D eigenvalue weighted by molar-refractivity contribution is 0.102. The van der Waals surface area contributed by atoms with Gasteiger partial charge in [0, 0.05) is 11.6 Å². The number of unbranched alkanes of at least 4 members (excludes halogenated alkanes) is 5. The molecule has 6 heteroatoms. The molecule has 0 aliphatic heterocycles. The van der Waals surface area contributed by atoms with E-state index >= 15 is 0 Å². The van der Waals surface area contributed by atoms with Gasteiger partial charge in [-0.15, -0.1) is 0 Å². The van der Waals surface area contributed by atoms with Crippen molar-refractivity contribution in [1.82, 2.24) is 0 Å². The van der Waals surface area contributed by atoms with Gasteiger partial charge >= 0.3 is 0 Å². The summed E-state index contributed by atoms with van der Waals surface area (Å²) in [6, 6.07) is 26.3. The number of para-hydroxylation sites is 2. The highest BCUT2D eigenvalue weighted by molar-refractivity contribution is 6.12. The molecule has 0 spiro atoms. The monoisotopic (exact) mass is 540 g/mol. The molecule has 0 atom stereocenters. The fourth-order valence-electron chi connectivity index (χ4n) is 4.09. The van der Waals surface area contributed by atoms with Crippen molar-refractivity contribution >= 4 is 11.6 Å². The van der Waals surface area contributed by atoms with Crippen molar-refractivity contribution in [2.24, 2.45) is 0 Å². The number of phenolic OH excluding ortho intramolecular Hbond substituents is 3. The first-order valence-electron chi connectivity index (χ1n) is 13.6. The van der Waals surface area contributed by atoms with Gasteiger partial charge in [-0.05, 0) is 42.8 Å². The molecule has 0 unspecified atom stereocenters. The number of ether oxygens (including phenoxy) is 1. The highest BCUT2D eigenvalue weighted by atomic mass is 16.5. The van der Waals surface area contributed by atoms with Crippen molar-refractivity contribution in [1.29, 1.82) is 0 Å². The van der Waals surface area contributed by atoms with Gasteiger partial charge in [0.1, 0.15) is 23.0 Å². The Morgan fingerprint density at radius 3 is 1.68 bits per heavy atom. The average molecular weight is 541 g/mol. The largest absolute Gasteiger partial charge is 0.507 e. The molecule has 208 valence electrons. The molecule has 4 aromatic carbocycles. The van der Waals surface area contributed by atoms with E-state index in [1.807, 2.05) is 18.2 Å². The van der Waals surface area contributed by atoms with Crippen LogP contribution in [0.15, 0.2) is 97.1 Å². The third-order valence-corrected chi connectivity index (χ3v) is 6.31. The zero-order valence-corrected chi connectivity index (χ0v) is 22.8. The fraction of sp³-hybridized carbons (Fsp3) is 0.235. The van der Waals surface area contributed by atoms with Crippen molar-refractivity contribution in [3.63, 3.8) is 0 Å². The molecule has 0 saturated heterocycles. The normalized spacial score (nSPS) is 10.3. The summed E-state index contributed by atoms with van der Waals surface area (Å²) in [4.78, 5) is 24.3. The molecule has 0 aromatic heterocycles. The molecular weight excluding hydrogens is 504 g/mol. The van der Waals surface area contributed by atoms with Gasteiger partial charge in [-0.1, -0.05) is 93.6 Å². The van der Waals surface area contributed by atoms with Gasteiger partial charge < -0.3 is 20.1 Å². The van der Waals surface area contributed by atoms with E-state index in [0.29, 0.717) is 23.5 Å². The lowest BCUT2D eigenvalue weighted by Gasteiger charge is -2.09. The maximum Gasteiger partial charge on any atom is 0.200 e. The van der Waals surface area contributed by atoms with Gasteiger partial charge in [-0.3, -0.25) is 9.59 Å². The number of rotatable bonds is 12. The van der Waals surface area contributed by atoms with E-state index in [-0.39, 0.29) is 34.2 Å². The Bertz CT molecular complexity index is 1330. The van der Waals surface area contributed by atoms with E-state index in [9.17, 15) is 24.9 Å². The highest BCUT2D eigenvalue weighted by Gasteiger charge is 2.16. The molecule has 0 fully saturated rings. The molecule has 0 amide bonds. The number of carbonyl (C=O) groups is 2. The van der Waals surface area contributed by atoms with E-state index in [1.165, 1.54) is 56.0 Å². The van der Waals surface area contributed by atoms with Gasteiger partial charge in [-0.2, -0.15) is 0 Å². The van der Waals surface area contributed by atoms with Crippen LogP contribution in [0.4, 0.5) is 0 Å². The van der Waals surface area contributed by atoms with E-state index in [2.05, 4.69) is 6.92 Å². The second-order valence-electron chi connectivity index (χ2n) is 9.35. The van der Waals surface area contributed by atoms with Gasteiger partial charge in [-0.25, -0.2) is 0 Å². The zero-order chi connectivity index (χ0) is 28.7. The fourth-order valence-corrected chi connectivity index (χ4v) is 4.09. The second-order valence-corrected chi connectivity index (χ2v) is 9.35. The van der Waals surface area contributed by atoms with Crippen LogP contribution in [-0.2, 0) is 0 Å². The summed E-state index contributed by atoms with van der Waals surface area (Å²) in [6.07, 6.45) is 7.25. The number of hydrogen-bond acceptors (Lipinski definition) is 6. The van der Waals surface area contributed by atoms with E-state index in [4.69, 9.17) is 4.74 Å². The molecule has 0 radical (unpaired) electrons. The van der Waals surface area contributed by atoms with Gasteiger partial charge in [0.2, 0.25) is 0 Å². The Balaban J connectivity index is 0.000000238. The minimum atomic E-state index is -0.392. The van der Waals surface area contributed by atoms with Crippen molar-refractivity contribution < 1.29 is 29.6 Å². The van der Waals surface area contributed by atoms with Crippen molar-refractivity contribution in [3.8, 4) is 23.0 Å². The Labute approximate surface area is 235 Å². The maximum atomic E-state index is 12.4. The average Bonchev–Trinajstić information content (AvgIpc) is 2.97. The summed E-state index contributed by atoms with van der Waals surface area (Å²) in [5.74, 6) is -0.187. The maximum absolute atomic E-state index is 12.4. The van der Waals surface area contributed by atoms with E-state index < -0.39 is 5.78 Å². The lowest BCUT2D eigenvalue weighted by atomic mass is 10.0. The Morgan fingerprint density at radius 1 is 0.575 bits per heavy atom. The van der Waals surface area contributed by atoms with Crippen LogP contribution >= 0.6 is 0 Å². The lowest BCUT2D eigenvalue weighted by Crippen LogP contribution is -2.02. The second kappa shape index (κ2) is 15.7. The van der Waals surface area contributed by atoms with Crippen LogP contribution in [0.1, 0.15) is 77.3 Å². The quantitative estimate of drug-likeness (QED) is 0.126. The first kappa shape index (κ1) is 30.0. The van der Waals surface area contributed by atoms with Crippen LogP contribution in [-0.4, -0.2) is 33.5 Å². The molecular formula is C34H36O6. The Hall–Kier alpha value is -4.58. The summed E-state index contributed by atoms with van der Waals surface area (Å²) in [7, 11) is 0. The van der Waals surface area contributed by atoms with Gasteiger partial charge in [0.25, 0.3) is 0 Å². The van der Waals surface area contributed by atoms with Crippen LogP contribution in [0.2, 0.25) is 0 Å². The molecule has 4 rings (SSSR count). The van der Waals surface area contributed by atoms with Gasteiger partial charge in [0.15, 0.2) is 11.6 Å². The number of aromatic hydroxyl groups is 3. The minimum absolute atomic E-state index is 0.0377. The molecule has 6 nitrogen and oxygen atoms in total. The number of phenols is 3. The number of carbonyl (C=O) groups excluding carboxylic acids is 2. The Kier molecular flexibility index (Phi) is 11.8. The van der Waals surface area contributed by atoms with Crippen LogP contribution < -0.4 is 4.74 Å². The molecule has 40 heavy (non-hydrogen) atoms. The molecule has 0 aliphatic carbocycles. The van der Waals surface area contributed by atoms with Crippen molar-refractivity contribution in [2.45, 2.75) is 45.4 Å². The summed E-state index contributed by atoms with van der Waals surface area (Å²) in [6.45, 7) is 2.85. The minimum Gasteiger partial charge on any atom is -0.507 e. The third kappa shape index (κ3) is 8.73. The smallest absolute Gasteiger partial charge is 0.200 e. The number of ketones is 2. The standard InChI is InChI=1S/C21H26O3.C13H10O3/c1-2-3-4-5-6-10-15-24-18-13-14-19(20(22)16-18)21(23)17-11-8-7-9-12-17;14-11-7-3-1-5-9(11)13(16)10-6-2-4-8-12(10)15/h7-9,11-14,16,22H,2-6,10,15H2,1H3;1-8,14-15H. The molecule has 0 bridgehead atoms. The first-order chi connectivity index (χ1) is 19.4. The molecule has 0 saturated carbocycles. The van der Waals surface area contributed by atoms with Crippen molar-refractivity contribution in [3.05, 3.63) is 119 Å². The van der Waals surface area contributed by atoms with Crippen LogP contribution in [0.25, 0.3) is 0 Å². The topological polar surface area (TPSA) is 104 Å². The summed E-state index contributed by atoms with van der Waals surface area (Å²) in [5, 5.41) is 29.2. The highest BCUT2D eigenvalue weighted by Crippen LogP contribution is 2.26. The number of benzene rings is 4. The summed E-state index contributed by atoms with van der Waals surface area (Å²) in [5.41, 5.74) is 1.23. The first-order valence-corrected chi connectivity index (χ1v) is 13.6. The molecule has 0 aliphatic rings. The zero-order valence-electron chi connectivity index (χ0n) is 22.8. The predicted octanol–water partition coefficient (Wildman–Crippen LogP) is 7.69. The third-order valence-electron chi connectivity index (χ3n) is 6.31. The predicted molar refractivity (Wildman–Crippen MR) is 156 cm³/mol. The Morgan fingerprint density at radius 2 is 1.10 bits per heavy atom. The summed E-state index contributed by atoms with van der Waals surface area (Å²) < 4.78 is 5.66. The van der Waals surface area contributed by atoms with Crippen LogP contribution in [0, 0.1) is 0 Å². The van der Waals surface area contributed by atoms with Crippen molar-refractivity contribution in [2.75, 3.05) is 6.61 Å². The molecule has 3 N–H and O–H groups in total. The SMILES string of the molecule is CCCCCCCCOc1ccc(C(=O)c2ccccc2)c(O)c1.O=C(c1ccccc1O)c1ccccc1O. The molecule has 0 heterocycles. The molecule has 4 aromatic rings. The van der Waals surface area contributed by atoms with Crippen LogP contribution in [0.3, 0.4) is 0 Å².